The van der Waals surface area contributed by atoms with E-state index in [1.807, 2.05) is 0 Å². The van der Waals surface area contributed by atoms with E-state index < -0.39 is 77.3 Å². The van der Waals surface area contributed by atoms with Gasteiger partial charge in [0, 0.05) is 25.3 Å². The molecule has 214 valence electrons. The Balaban J connectivity index is 4.70. The molecule has 38 heavy (non-hydrogen) atoms. The van der Waals surface area contributed by atoms with Gasteiger partial charge >= 0.3 is 24.7 Å². The third kappa shape index (κ3) is 5.49. The first-order valence-electron chi connectivity index (χ1n) is 10.6. The topological polar surface area (TPSA) is 18.5 Å². The average Bonchev–Trinajstić information content (AvgIpc) is 2.72. The molecule has 0 unspecified atom stereocenters. The molecule has 0 saturated heterocycles. The van der Waals surface area contributed by atoms with Crippen LogP contribution in [0.25, 0.3) is 0 Å². The third-order valence-corrected chi connectivity index (χ3v) is 5.97. The number of methoxy groups -OCH3 is 2. The van der Waals surface area contributed by atoms with Crippen LogP contribution in [0.2, 0.25) is 12.6 Å². The lowest BCUT2D eigenvalue weighted by molar-refractivity contribution is -0.385. The van der Waals surface area contributed by atoms with Gasteiger partial charge in [0.2, 0.25) is 0 Å². The summed E-state index contributed by atoms with van der Waals surface area (Å²) in [5.74, 6) is 0. The number of alkyl halides is 12. The Hall–Kier alpha value is -2.42. The van der Waals surface area contributed by atoms with Crippen molar-refractivity contribution in [1.29, 1.82) is 0 Å². The van der Waals surface area contributed by atoms with Crippen molar-refractivity contribution < 1.29 is 62.2 Å². The molecule has 0 saturated carbocycles. The highest BCUT2D eigenvalue weighted by Crippen LogP contribution is 2.56. The number of ether oxygens (including phenoxy) is 2. The highest BCUT2D eigenvalue weighted by Gasteiger charge is 2.76. The first kappa shape index (κ1) is 33.6. The Morgan fingerprint density at radius 2 is 1.05 bits per heavy atom. The van der Waals surface area contributed by atoms with Crippen molar-refractivity contribution in [3.05, 3.63) is 66.8 Å². The van der Waals surface area contributed by atoms with E-state index in [2.05, 4.69) is 29.2 Å². The van der Waals surface area contributed by atoms with Crippen molar-refractivity contribution in [3.63, 3.8) is 0 Å². The molecule has 0 aliphatic rings. The van der Waals surface area contributed by atoms with Gasteiger partial charge in [0.05, 0.1) is 0 Å². The molecule has 0 N–H and O–H groups in total. The van der Waals surface area contributed by atoms with E-state index in [1.165, 1.54) is 0 Å². The fraction of sp³-hybridized carbons (Fsp3) is 0.478. The minimum absolute atomic E-state index is 0.00688. The van der Waals surface area contributed by atoms with Gasteiger partial charge in [0.25, 0.3) is 11.2 Å². The molecule has 0 aliphatic carbocycles. The van der Waals surface area contributed by atoms with Gasteiger partial charge in [-0.3, -0.25) is 0 Å². The van der Waals surface area contributed by atoms with Crippen molar-refractivity contribution in [2.24, 2.45) is 0 Å². The molecule has 0 spiro atoms. The Labute approximate surface area is 211 Å². The Bertz CT molecular complexity index is 968. The van der Waals surface area contributed by atoms with Crippen LogP contribution in [0.1, 0.15) is 16.7 Å². The van der Waals surface area contributed by atoms with Crippen molar-refractivity contribution in [2.75, 3.05) is 14.2 Å². The molecule has 2 nitrogen and oxygen atoms in total. The summed E-state index contributed by atoms with van der Waals surface area (Å²) in [5.41, 5.74) is -16.2. The molecule has 0 aliphatic heterocycles. The maximum absolute atomic E-state index is 14.2. The third-order valence-electron chi connectivity index (χ3n) is 5.97. The minimum Gasteiger partial charge on any atom is -0.357 e. The predicted molar refractivity (Wildman–Crippen MR) is 117 cm³/mol. The lowest BCUT2D eigenvalue weighted by Crippen LogP contribution is -2.58. The molecule has 0 amide bonds. The molecule has 0 bridgehead atoms. The monoisotopic (exact) mass is 570 g/mol. The van der Waals surface area contributed by atoms with Gasteiger partial charge in [-0.25, -0.2) is 0 Å². The molecule has 1 aromatic rings. The largest absolute Gasteiger partial charge is 0.430 e. The normalized spacial score (nSPS) is 13.8. The van der Waals surface area contributed by atoms with E-state index >= 15 is 0 Å². The van der Waals surface area contributed by atoms with Crippen LogP contribution >= 0.6 is 0 Å². The van der Waals surface area contributed by atoms with Crippen molar-refractivity contribution in [1.82, 2.24) is 0 Å². The zero-order valence-corrected chi connectivity index (χ0v) is 20.1. The van der Waals surface area contributed by atoms with Crippen molar-refractivity contribution in [2.45, 2.75) is 55.0 Å². The number of rotatable bonds is 11. The highest BCUT2D eigenvalue weighted by molar-refractivity contribution is 6.74. The van der Waals surface area contributed by atoms with Crippen LogP contribution in [0.5, 0.6) is 0 Å². The summed E-state index contributed by atoms with van der Waals surface area (Å²) >= 11 is 0. The number of hydrogen-bond acceptors (Lipinski definition) is 2. The molecular formula is C23H23BF12O2. The van der Waals surface area contributed by atoms with Gasteiger partial charge in [-0.1, -0.05) is 42.4 Å². The Kier molecular flexibility index (Phi) is 10.1. The molecule has 15 heteroatoms. The first-order valence-corrected chi connectivity index (χ1v) is 10.6. The summed E-state index contributed by atoms with van der Waals surface area (Å²) in [6.45, 7) is 8.83. The minimum atomic E-state index is -6.38. The second kappa shape index (κ2) is 11.4. The maximum atomic E-state index is 14.2. The van der Waals surface area contributed by atoms with Gasteiger partial charge in [0.15, 0.2) is 6.71 Å². The summed E-state index contributed by atoms with van der Waals surface area (Å²) in [7, 11) is -0.0207. The van der Waals surface area contributed by atoms with E-state index in [9.17, 15) is 52.7 Å². The standard InChI is InChI=1S/C23H23BF12O2/c1-6-9-15-16(19(38-5,22(31,32)33)23(34,35)36)12-14(13-17(15)24(10-7-2)11-8-3)18(37-4,20(25,26)27)21(28,29)30/h6-8,12-13H,1-3,9-11H2,4-5H3. The summed E-state index contributed by atoms with van der Waals surface area (Å²) in [6.07, 6.45) is -23.7. The zero-order valence-electron chi connectivity index (χ0n) is 20.1. The molecule has 0 radical (unpaired) electrons. The molecule has 1 aromatic carbocycles. The van der Waals surface area contributed by atoms with Crippen LogP contribution in [0, 0.1) is 0 Å². The summed E-state index contributed by atoms with van der Waals surface area (Å²) < 4.78 is 177. The fourth-order valence-corrected chi connectivity index (χ4v) is 4.35. The molecule has 0 aromatic heterocycles. The smallest absolute Gasteiger partial charge is 0.357 e. The van der Waals surface area contributed by atoms with Crippen LogP contribution < -0.4 is 5.46 Å². The number of halogens is 12. The van der Waals surface area contributed by atoms with E-state index in [-0.39, 0.29) is 32.9 Å². The number of allylic oxidation sites excluding steroid dienone is 3. The maximum Gasteiger partial charge on any atom is 0.430 e. The fourth-order valence-electron chi connectivity index (χ4n) is 4.35. The van der Waals surface area contributed by atoms with Gasteiger partial charge in [-0.15, -0.1) is 19.7 Å². The molecular weight excluding hydrogens is 547 g/mol. The van der Waals surface area contributed by atoms with Gasteiger partial charge in [-0.2, -0.15) is 52.7 Å². The van der Waals surface area contributed by atoms with Crippen molar-refractivity contribution >= 4 is 12.2 Å². The average molecular weight is 570 g/mol. The second-order valence-electron chi connectivity index (χ2n) is 8.09. The van der Waals surface area contributed by atoms with E-state index in [1.54, 1.807) is 0 Å². The zero-order chi connectivity index (χ0) is 30.0. The van der Waals surface area contributed by atoms with Crippen LogP contribution in [0.3, 0.4) is 0 Å². The summed E-state index contributed by atoms with van der Waals surface area (Å²) in [4.78, 5) is 0. The van der Waals surface area contributed by atoms with E-state index in [0.717, 1.165) is 18.2 Å². The van der Waals surface area contributed by atoms with Gasteiger partial charge < -0.3 is 9.47 Å². The lowest BCUT2D eigenvalue weighted by Gasteiger charge is -2.41. The van der Waals surface area contributed by atoms with Crippen LogP contribution in [0.4, 0.5) is 52.7 Å². The first-order chi connectivity index (χ1) is 17.2. The van der Waals surface area contributed by atoms with E-state index in [0.29, 0.717) is 0 Å². The lowest BCUT2D eigenvalue weighted by atomic mass is 9.39. The van der Waals surface area contributed by atoms with Gasteiger partial charge in [-0.05, 0) is 18.1 Å². The van der Waals surface area contributed by atoms with Gasteiger partial charge in [0.1, 0.15) is 0 Å². The van der Waals surface area contributed by atoms with Crippen molar-refractivity contribution in [3.8, 4) is 0 Å². The predicted octanol–water partition coefficient (Wildman–Crippen LogP) is 7.42. The van der Waals surface area contributed by atoms with Crippen LogP contribution in [0.15, 0.2) is 50.1 Å². The van der Waals surface area contributed by atoms with Crippen LogP contribution in [-0.2, 0) is 27.1 Å². The number of benzene rings is 1. The number of hydrogen-bond donors (Lipinski definition) is 0. The molecule has 0 atom stereocenters. The Morgan fingerprint density at radius 1 is 0.658 bits per heavy atom. The Morgan fingerprint density at radius 3 is 1.34 bits per heavy atom. The van der Waals surface area contributed by atoms with Crippen LogP contribution in [-0.4, -0.2) is 45.6 Å². The second-order valence-corrected chi connectivity index (χ2v) is 8.09. The summed E-state index contributed by atoms with van der Waals surface area (Å²) in [5, 5.41) is 0. The highest BCUT2D eigenvalue weighted by atomic mass is 19.4. The molecule has 1 rings (SSSR count). The SMILES string of the molecule is C=CCB(CC=C)c1cc(C(OC)(C(F)(F)F)C(F)(F)F)cc(C(OC)(C(F)(F)F)C(F)(F)F)c1CC=C. The molecule has 0 heterocycles. The molecule has 0 fully saturated rings. The summed E-state index contributed by atoms with van der Waals surface area (Å²) in [6, 6.07) is -0.214. The quantitative estimate of drug-likeness (QED) is 0.157. The van der Waals surface area contributed by atoms with E-state index in [4.69, 9.17) is 0 Å².